The molecule has 0 bridgehead atoms. The van der Waals surface area contributed by atoms with Gasteiger partial charge in [0.15, 0.2) is 0 Å². The zero-order valence-electron chi connectivity index (χ0n) is 16.4. The van der Waals surface area contributed by atoms with Crippen molar-refractivity contribution < 1.29 is 14.3 Å². The Morgan fingerprint density at radius 3 is 2.48 bits per heavy atom. The number of hydrogen-bond acceptors (Lipinski definition) is 4. The molecule has 27 heavy (non-hydrogen) atoms. The van der Waals surface area contributed by atoms with Crippen LogP contribution in [-0.2, 0) is 20.9 Å². The first-order valence-electron chi connectivity index (χ1n) is 9.40. The van der Waals surface area contributed by atoms with Crippen LogP contribution in [0.5, 0.6) is 0 Å². The van der Waals surface area contributed by atoms with Crippen molar-refractivity contribution in [3.8, 4) is 0 Å². The van der Waals surface area contributed by atoms with Gasteiger partial charge in [0, 0.05) is 18.3 Å². The monoisotopic (exact) mass is 370 g/mol. The minimum absolute atomic E-state index is 0.0936. The van der Waals surface area contributed by atoms with Gasteiger partial charge in [-0.3, -0.25) is 4.79 Å². The molecule has 3 N–H and O–H groups in total. The van der Waals surface area contributed by atoms with Crippen molar-refractivity contribution in [2.24, 2.45) is 11.7 Å². The Morgan fingerprint density at radius 2 is 1.78 bits per heavy atom. The minimum Gasteiger partial charge on any atom is -0.379 e. The van der Waals surface area contributed by atoms with E-state index in [2.05, 4.69) is 5.32 Å². The average molecular weight is 370 g/mol. The van der Waals surface area contributed by atoms with E-state index in [1.807, 2.05) is 69.3 Å². The third-order valence-corrected chi connectivity index (χ3v) is 4.67. The topological polar surface area (TPSA) is 73.6 Å². The molecule has 0 aromatic heterocycles. The van der Waals surface area contributed by atoms with Gasteiger partial charge in [0.25, 0.3) is 0 Å². The highest BCUT2D eigenvalue weighted by molar-refractivity contribution is 5.93. The van der Waals surface area contributed by atoms with Gasteiger partial charge >= 0.3 is 0 Å². The molecule has 2 unspecified atom stereocenters. The van der Waals surface area contributed by atoms with E-state index in [-0.39, 0.29) is 17.9 Å². The van der Waals surface area contributed by atoms with Crippen LogP contribution in [0.2, 0.25) is 0 Å². The third kappa shape index (κ3) is 6.17. The average Bonchev–Trinajstić information content (AvgIpc) is 2.69. The second kappa shape index (κ2) is 10.8. The molecule has 0 saturated heterocycles. The molecule has 2 aromatic rings. The summed E-state index contributed by atoms with van der Waals surface area (Å²) in [6, 6.07) is 15.2. The molecule has 0 radical (unpaired) electrons. The van der Waals surface area contributed by atoms with Crippen LogP contribution in [0.4, 0.5) is 5.69 Å². The SMILES string of the molecule is CCOCCOCc1cccc(NC(=O)C(C)C(N)c2ccccc2)c1C. The molecule has 0 aliphatic carbocycles. The second-order valence-corrected chi connectivity index (χ2v) is 6.55. The lowest BCUT2D eigenvalue weighted by atomic mass is 9.94. The largest absolute Gasteiger partial charge is 0.379 e. The lowest BCUT2D eigenvalue weighted by Gasteiger charge is -2.21. The van der Waals surface area contributed by atoms with Crippen molar-refractivity contribution in [2.75, 3.05) is 25.1 Å². The quantitative estimate of drug-likeness (QED) is 0.624. The number of hydrogen-bond donors (Lipinski definition) is 2. The maximum absolute atomic E-state index is 12.7. The Bertz CT molecular complexity index is 719. The van der Waals surface area contributed by atoms with E-state index in [0.717, 1.165) is 22.4 Å². The molecule has 5 heteroatoms. The molecular weight excluding hydrogens is 340 g/mol. The van der Waals surface area contributed by atoms with Crippen LogP contribution >= 0.6 is 0 Å². The van der Waals surface area contributed by atoms with Gasteiger partial charge in [-0.1, -0.05) is 49.4 Å². The second-order valence-electron chi connectivity index (χ2n) is 6.55. The van der Waals surface area contributed by atoms with E-state index in [9.17, 15) is 4.79 Å². The zero-order chi connectivity index (χ0) is 19.6. The number of rotatable bonds is 10. The van der Waals surface area contributed by atoms with E-state index >= 15 is 0 Å². The van der Waals surface area contributed by atoms with Gasteiger partial charge in [0.2, 0.25) is 5.91 Å². The summed E-state index contributed by atoms with van der Waals surface area (Å²) in [4.78, 5) is 12.7. The van der Waals surface area contributed by atoms with Gasteiger partial charge in [-0.05, 0) is 36.6 Å². The standard InChI is InChI=1S/C22H30N2O3/c1-4-26-13-14-27-15-19-11-8-12-20(16(19)2)24-22(25)17(3)21(23)18-9-6-5-7-10-18/h5-12,17,21H,4,13-15,23H2,1-3H3,(H,24,25). The highest BCUT2D eigenvalue weighted by atomic mass is 16.5. The van der Waals surface area contributed by atoms with Crippen LogP contribution in [0.15, 0.2) is 48.5 Å². The number of benzene rings is 2. The van der Waals surface area contributed by atoms with Crippen LogP contribution in [0, 0.1) is 12.8 Å². The fourth-order valence-corrected chi connectivity index (χ4v) is 2.79. The first-order valence-corrected chi connectivity index (χ1v) is 9.40. The van der Waals surface area contributed by atoms with E-state index in [1.165, 1.54) is 0 Å². The smallest absolute Gasteiger partial charge is 0.229 e. The van der Waals surface area contributed by atoms with E-state index in [1.54, 1.807) is 0 Å². The van der Waals surface area contributed by atoms with Gasteiger partial charge in [-0.15, -0.1) is 0 Å². The molecule has 5 nitrogen and oxygen atoms in total. The number of carbonyl (C=O) groups is 1. The summed E-state index contributed by atoms with van der Waals surface area (Å²) in [6.07, 6.45) is 0. The number of nitrogens with one attached hydrogen (secondary N) is 1. The number of carbonyl (C=O) groups excluding carboxylic acids is 1. The van der Waals surface area contributed by atoms with E-state index in [0.29, 0.717) is 26.4 Å². The van der Waals surface area contributed by atoms with Crippen LogP contribution in [0.3, 0.4) is 0 Å². The van der Waals surface area contributed by atoms with Crippen molar-refractivity contribution in [1.82, 2.24) is 0 Å². The molecule has 0 saturated carbocycles. The molecule has 0 aliphatic rings. The fraction of sp³-hybridized carbons (Fsp3) is 0.409. The summed E-state index contributed by atoms with van der Waals surface area (Å²) in [5.41, 5.74) is 10.1. The maximum atomic E-state index is 12.7. The summed E-state index contributed by atoms with van der Waals surface area (Å²) < 4.78 is 10.9. The molecule has 1 amide bonds. The summed E-state index contributed by atoms with van der Waals surface area (Å²) in [5.74, 6) is -0.443. The van der Waals surface area contributed by atoms with Gasteiger partial charge in [0.05, 0.1) is 25.7 Å². The minimum atomic E-state index is -0.350. The summed E-state index contributed by atoms with van der Waals surface area (Å²) in [7, 11) is 0. The zero-order valence-corrected chi connectivity index (χ0v) is 16.4. The van der Waals surface area contributed by atoms with Crippen molar-refractivity contribution in [3.63, 3.8) is 0 Å². The van der Waals surface area contributed by atoms with Crippen molar-refractivity contribution in [1.29, 1.82) is 0 Å². The van der Waals surface area contributed by atoms with Crippen molar-refractivity contribution in [3.05, 3.63) is 65.2 Å². The molecule has 0 heterocycles. The predicted octanol–water partition coefficient (Wildman–Crippen LogP) is 3.82. The van der Waals surface area contributed by atoms with E-state index < -0.39 is 0 Å². The van der Waals surface area contributed by atoms with Gasteiger partial charge in [0.1, 0.15) is 0 Å². The Kier molecular flexibility index (Phi) is 8.45. The first-order chi connectivity index (χ1) is 13.0. The Balaban J connectivity index is 1.97. The van der Waals surface area contributed by atoms with Crippen LogP contribution < -0.4 is 11.1 Å². The number of anilines is 1. The number of ether oxygens (including phenoxy) is 2. The molecule has 2 rings (SSSR count). The van der Waals surface area contributed by atoms with Crippen molar-refractivity contribution >= 4 is 11.6 Å². The molecular formula is C22H30N2O3. The van der Waals surface area contributed by atoms with Crippen molar-refractivity contribution in [2.45, 2.75) is 33.4 Å². The third-order valence-electron chi connectivity index (χ3n) is 4.67. The molecule has 2 aromatic carbocycles. The van der Waals surface area contributed by atoms with Gasteiger partial charge in [-0.25, -0.2) is 0 Å². The van der Waals surface area contributed by atoms with Crippen LogP contribution in [-0.4, -0.2) is 25.7 Å². The molecule has 2 atom stereocenters. The molecule has 0 spiro atoms. The van der Waals surface area contributed by atoms with Gasteiger partial charge in [-0.2, -0.15) is 0 Å². The lowest BCUT2D eigenvalue weighted by Crippen LogP contribution is -2.30. The maximum Gasteiger partial charge on any atom is 0.229 e. The Hall–Kier alpha value is -2.21. The van der Waals surface area contributed by atoms with E-state index in [4.69, 9.17) is 15.2 Å². The summed E-state index contributed by atoms with van der Waals surface area (Å²) in [6.45, 7) is 8.10. The molecule has 0 aliphatic heterocycles. The Morgan fingerprint density at radius 1 is 1.07 bits per heavy atom. The highest BCUT2D eigenvalue weighted by Gasteiger charge is 2.22. The first kappa shape index (κ1) is 21.1. The van der Waals surface area contributed by atoms with Gasteiger partial charge < -0.3 is 20.5 Å². The fourth-order valence-electron chi connectivity index (χ4n) is 2.79. The van der Waals surface area contributed by atoms with Crippen LogP contribution in [0.1, 0.15) is 36.6 Å². The lowest BCUT2D eigenvalue weighted by molar-refractivity contribution is -0.120. The summed E-state index contributed by atoms with van der Waals surface area (Å²) >= 11 is 0. The Labute approximate surface area is 161 Å². The number of amides is 1. The predicted molar refractivity (Wildman–Crippen MR) is 108 cm³/mol. The van der Waals surface area contributed by atoms with Crippen LogP contribution in [0.25, 0.3) is 0 Å². The normalized spacial score (nSPS) is 13.2. The summed E-state index contributed by atoms with van der Waals surface area (Å²) in [5, 5.41) is 3.01. The highest BCUT2D eigenvalue weighted by Crippen LogP contribution is 2.24. The molecule has 0 fully saturated rings. The molecule has 146 valence electrons. The number of nitrogens with two attached hydrogens (primary N) is 1.